The first-order chi connectivity index (χ1) is 13.1. The maximum atomic E-state index is 12.1. The van der Waals surface area contributed by atoms with E-state index in [1.807, 2.05) is 30.9 Å². The van der Waals surface area contributed by atoms with Gasteiger partial charge in [-0.3, -0.25) is 9.78 Å². The molecule has 1 saturated heterocycles. The molecule has 0 radical (unpaired) electrons. The third-order valence-corrected chi connectivity index (χ3v) is 4.81. The second-order valence-corrected chi connectivity index (χ2v) is 7.03. The lowest BCUT2D eigenvalue weighted by atomic mass is 9.95. The van der Waals surface area contributed by atoms with Crippen molar-refractivity contribution in [3.05, 3.63) is 36.5 Å². The summed E-state index contributed by atoms with van der Waals surface area (Å²) in [5, 5.41) is 8.07. The molecule has 1 aliphatic heterocycles. The predicted octanol–water partition coefficient (Wildman–Crippen LogP) is 3.15. The second-order valence-electron chi connectivity index (χ2n) is 7.03. The molecule has 1 aliphatic rings. The van der Waals surface area contributed by atoms with E-state index < -0.39 is 0 Å². The number of amides is 1. The molecule has 4 heterocycles. The van der Waals surface area contributed by atoms with Crippen molar-refractivity contribution in [1.29, 1.82) is 0 Å². The number of rotatable bonds is 4. The Morgan fingerprint density at radius 2 is 2.00 bits per heavy atom. The number of piperidine rings is 1. The van der Waals surface area contributed by atoms with Crippen LogP contribution in [0.25, 0.3) is 22.8 Å². The van der Waals surface area contributed by atoms with Crippen LogP contribution >= 0.6 is 0 Å². The average molecular weight is 367 g/mol. The lowest BCUT2D eigenvalue weighted by Gasteiger charge is -2.31. The summed E-state index contributed by atoms with van der Waals surface area (Å²) in [6, 6.07) is 5.42. The average Bonchev–Trinajstić information content (AvgIpc) is 3.40. The quantitative estimate of drug-likeness (QED) is 0.698. The minimum Gasteiger partial charge on any atom is -0.364 e. The number of carbonyl (C=O) groups excluding carboxylic acids is 1. The van der Waals surface area contributed by atoms with E-state index in [4.69, 9.17) is 9.05 Å². The highest BCUT2D eigenvalue weighted by Gasteiger charge is 2.28. The predicted molar refractivity (Wildman–Crippen MR) is 96.4 cm³/mol. The summed E-state index contributed by atoms with van der Waals surface area (Å²) in [4.78, 5) is 22.9. The summed E-state index contributed by atoms with van der Waals surface area (Å²) in [6.07, 6.45) is 4.88. The molecule has 8 heteroatoms. The molecule has 4 rings (SSSR count). The van der Waals surface area contributed by atoms with Gasteiger partial charge < -0.3 is 13.9 Å². The van der Waals surface area contributed by atoms with Crippen LogP contribution in [0.4, 0.5) is 0 Å². The Bertz CT molecular complexity index is 911. The van der Waals surface area contributed by atoms with E-state index in [0.717, 1.165) is 31.5 Å². The van der Waals surface area contributed by atoms with Crippen molar-refractivity contribution in [3.8, 4) is 22.8 Å². The first kappa shape index (κ1) is 17.4. The topological polar surface area (TPSA) is 98.2 Å². The van der Waals surface area contributed by atoms with Crippen molar-refractivity contribution in [2.24, 2.45) is 5.92 Å². The summed E-state index contributed by atoms with van der Waals surface area (Å²) in [6.45, 7) is 5.33. The van der Waals surface area contributed by atoms with E-state index in [-0.39, 0.29) is 17.7 Å². The van der Waals surface area contributed by atoms with Crippen molar-refractivity contribution >= 4 is 5.91 Å². The molecule has 27 heavy (non-hydrogen) atoms. The van der Waals surface area contributed by atoms with E-state index in [0.29, 0.717) is 23.1 Å². The molecule has 1 amide bonds. The fourth-order valence-electron chi connectivity index (χ4n) is 3.29. The van der Waals surface area contributed by atoms with E-state index in [1.165, 1.54) is 6.26 Å². The molecule has 8 nitrogen and oxygen atoms in total. The van der Waals surface area contributed by atoms with E-state index in [1.54, 1.807) is 12.3 Å². The van der Waals surface area contributed by atoms with Crippen LogP contribution < -0.4 is 0 Å². The zero-order valence-corrected chi connectivity index (χ0v) is 15.3. The second kappa shape index (κ2) is 7.30. The first-order valence-electron chi connectivity index (χ1n) is 9.11. The van der Waals surface area contributed by atoms with Gasteiger partial charge >= 0.3 is 0 Å². The fraction of sp³-hybridized carbons (Fsp3) is 0.421. The van der Waals surface area contributed by atoms with Gasteiger partial charge in [0.05, 0.1) is 5.69 Å². The molecule has 0 spiro atoms. The highest BCUT2D eigenvalue weighted by Crippen LogP contribution is 2.29. The van der Waals surface area contributed by atoms with Crippen molar-refractivity contribution < 1.29 is 13.8 Å². The normalized spacial score (nSPS) is 15.4. The SMILES string of the molecule is CC(C)C(=O)N1CCC(c2noc(-c3ccnc(-c4ccon4)c3)n2)CC1. The summed E-state index contributed by atoms with van der Waals surface area (Å²) in [5.41, 5.74) is 2.12. The molecule has 140 valence electrons. The Hall–Kier alpha value is -3.03. The zero-order valence-electron chi connectivity index (χ0n) is 15.3. The Morgan fingerprint density at radius 1 is 1.19 bits per heavy atom. The highest BCUT2D eigenvalue weighted by molar-refractivity contribution is 5.78. The lowest BCUT2D eigenvalue weighted by Crippen LogP contribution is -2.40. The van der Waals surface area contributed by atoms with Crippen molar-refractivity contribution in [2.45, 2.75) is 32.6 Å². The van der Waals surface area contributed by atoms with Gasteiger partial charge in [-0.1, -0.05) is 24.2 Å². The van der Waals surface area contributed by atoms with Gasteiger partial charge in [0.15, 0.2) is 5.82 Å². The molecule has 3 aromatic rings. The number of hydrogen-bond donors (Lipinski definition) is 0. The third-order valence-electron chi connectivity index (χ3n) is 4.81. The van der Waals surface area contributed by atoms with Crippen LogP contribution in [-0.2, 0) is 4.79 Å². The number of aromatic nitrogens is 4. The minimum absolute atomic E-state index is 0.0314. The number of pyridine rings is 1. The smallest absolute Gasteiger partial charge is 0.258 e. The van der Waals surface area contributed by atoms with Gasteiger partial charge in [0.25, 0.3) is 5.89 Å². The molecule has 0 N–H and O–H groups in total. The molecular formula is C19H21N5O3. The van der Waals surface area contributed by atoms with Crippen molar-refractivity contribution in [2.75, 3.05) is 13.1 Å². The minimum atomic E-state index is 0.0314. The third kappa shape index (κ3) is 3.60. The summed E-state index contributed by atoms with van der Waals surface area (Å²) in [5.74, 6) is 1.60. The molecule has 0 atom stereocenters. The Labute approximate surface area is 156 Å². The molecule has 0 aliphatic carbocycles. The molecule has 0 unspecified atom stereocenters. The van der Waals surface area contributed by atoms with E-state index >= 15 is 0 Å². The Morgan fingerprint density at radius 3 is 2.70 bits per heavy atom. The largest absolute Gasteiger partial charge is 0.364 e. The lowest BCUT2D eigenvalue weighted by molar-refractivity contribution is -0.135. The Kier molecular flexibility index (Phi) is 4.70. The van der Waals surface area contributed by atoms with Gasteiger partial charge in [-0.05, 0) is 25.0 Å². The zero-order chi connectivity index (χ0) is 18.8. The maximum absolute atomic E-state index is 12.1. The number of likely N-dealkylation sites (tertiary alicyclic amines) is 1. The Balaban J connectivity index is 1.47. The molecule has 0 aromatic carbocycles. The van der Waals surface area contributed by atoms with Crippen LogP contribution in [0.5, 0.6) is 0 Å². The highest BCUT2D eigenvalue weighted by atomic mass is 16.5. The van der Waals surface area contributed by atoms with E-state index in [9.17, 15) is 4.79 Å². The van der Waals surface area contributed by atoms with Crippen molar-refractivity contribution in [1.82, 2.24) is 25.2 Å². The van der Waals surface area contributed by atoms with Gasteiger partial charge in [0.1, 0.15) is 12.0 Å². The van der Waals surface area contributed by atoms with Crippen LogP contribution in [0.1, 0.15) is 38.4 Å². The number of carbonyl (C=O) groups is 1. The molecule has 0 bridgehead atoms. The van der Waals surface area contributed by atoms with E-state index in [2.05, 4.69) is 20.3 Å². The summed E-state index contributed by atoms with van der Waals surface area (Å²) < 4.78 is 10.3. The van der Waals surface area contributed by atoms with Crippen LogP contribution in [0, 0.1) is 5.92 Å². The van der Waals surface area contributed by atoms with Gasteiger partial charge in [-0.15, -0.1) is 0 Å². The van der Waals surface area contributed by atoms with Crippen LogP contribution in [-0.4, -0.2) is 44.2 Å². The van der Waals surface area contributed by atoms with Gasteiger partial charge in [-0.25, -0.2) is 0 Å². The molecule has 3 aromatic heterocycles. The van der Waals surface area contributed by atoms with Crippen molar-refractivity contribution in [3.63, 3.8) is 0 Å². The van der Waals surface area contributed by atoms with Gasteiger partial charge in [0.2, 0.25) is 5.91 Å². The van der Waals surface area contributed by atoms with Gasteiger partial charge in [0, 0.05) is 42.8 Å². The molecular weight excluding hydrogens is 346 g/mol. The van der Waals surface area contributed by atoms with Crippen LogP contribution in [0.2, 0.25) is 0 Å². The standard InChI is InChI=1S/C19H21N5O3/c1-12(2)19(25)24-8-4-13(5-9-24)17-21-18(27-23-17)14-3-7-20-16(11-14)15-6-10-26-22-15/h3,6-7,10-13H,4-5,8-9H2,1-2H3. The molecule has 0 saturated carbocycles. The first-order valence-corrected chi connectivity index (χ1v) is 9.11. The summed E-state index contributed by atoms with van der Waals surface area (Å²) >= 11 is 0. The van der Waals surface area contributed by atoms with Crippen LogP contribution in [0.3, 0.4) is 0 Å². The maximum Gasteiger partial charge on any atom is 0.258 e. The van der Waals surface area contributed by atoms with Crippen LogP contribution in [0.15, 0.2) is 39.7 Å². The summed E-state index contributed by atoms with van der Waals surface area (Å²) in [7, 11) is 0. The number of hydrogen-bond acceptors (Lipinski definition) is 7. The molecule has 1 fully saturated rings. The monoisotopic (exact) mass is 367 g/mol. The van der Waals surface area contributed by atoms with Gasteiger partial charge in [-0.2, -0.15) is 4.98 Å². The fourth-order valence-corrected chi connectivity index (χ4v) is 3.29. The number of nitrogens with zero attached hydrogens (tertiary/aromatic N) is 5.